The van der Waals surface area contributed by atoms with E-state index in [2.05, 4.69) is 70.4 Å². The number of halogens is 1. The molecule has 20 heavy (non-hydrogen) atoms. The van der Waals surface area contributed by atoms with Crippen molar-refractivity contribution in [2.75, 3.05) is 5.32 Å². The summed E-state index contributed by atoms with van der Waals surface area (Å²) in [4.78, 5) is 4.30. The Morgan fingerprint density at radius 1 is 1.20 bits per heavy atom. The third-order valence-electron chi connectivity index (χ3n) is 4.22. The molecule has 0 radical (unpaired) electrons. The highest BCUT2D eigenvalue weighted by molar-refractivity contribution is 9.10. The van der Waals surface area contributed by atoms with Gasteiger partial charge in [-0.3, -0.25) is 0 Å². The first-order valence-corrected chi connectivity index (χ1v) is 7.81. The number of rotatable bonds is 2. The maximum Gasteiger partial charge on any atom is 0.106 e. The molecule has 1 unspecified atom stereocenters. The predicted molar refractivity (Wildman–Crippen MR) is 86.8 cm³/mol. The van der Waals surface area contributed by atoms with Crippen molar-refractivity contribution in [2.45, 2.75) is 32.7 Å². The number of aromatic nitrogens is 1. The monoisotopic (exact) mass is 330 g/mol. The molecule has 3 rings (SSSR count). The highest BCUT2D eigenvalue weighted by Gasteiger charge is 2.35. The number of hydrogen-bond acceptors (Lipinski definition) is 2. The van der Waals surface area contributed by atoms with E-state index in [1.54, 1.807) is 0 Å². The van der Waals surface area contributed by atoms with Gasteiger partial charge in [-0.2, -0.15) is 0 Å². The van der Waals surface area contributed by atoms with Crippen molar-refractivity contribution in [1.82, 2.24) is 4.98 Å². The number of pyridine rings is 1. The largest absolute Gasteiger partial charge is 0.376 e. The zero-order valence-corrected chi connectivity index (χ0v) is 13.4. The second kappa shape index (κ2) is 5.21. The molecule has 2 nitrogen and oxygen atoms in total. The van der Waals surface area contributed by atoms with Crippen LogP contribution in [0.25, 0.3) is 0 Å². The van der Waals surface area contributed by atoms with E-state index >= 15 is 0 Å². The Hall–Kier alpha value is -1.35. The molecule has 0 saturated heterocycles. The molecular formula is C17H19BrN2. The Kier molecular flexibility index (Phi) is 3.55. The highest BCUT2D eigenvalue weighted by Crippen LogP contribution is 2.45. The summed E-state index contributed by atoms with van der Waals surface area (Å²) in [5, 5.41) is 3.67. The van der Waals surface area contributed by atoms with Crippen LogP contribution in [0.15, 0.2) is 47.2 Å². The summed E-state index contributed by atoms with van der Waals surface area (Å²) >= 11 is 3.38. The lowest BCUT2D eigenvalue weighted by atomic mass is 9.70. The van der Waals surface area contributed by atoms with Crippen LogP contribution in [0.1, 0.15) is 37.4 Å². The summed E-state index contributed by atoms with van der Waals surface area (Å²) in [6, 6.07) is 13.1. The number of hydrogen-bond donors (Lipinski definition) is 1. The van der Waals surface area contributed by atoms with Crippen molar-refractivity contribution < 1.29 is 0 Å². The quantitative estimate of drug-likeness (QED) is 0.786. The van der Waals surface area contributed by atoms with Gasteiger partial charge in [-0.05, 0) is 57.4 Å². The van der Waals surface area contributed by atoms with Gasteiger partial charge in [0.15, 0.2) is 0 Å². The van der Waals surface area contributed by atoms with Gasteiger partial charge in [0.05, 0.1) is 17.9 Å². The SMILES string of the molecule is CC1(C)CCc2ccccc2C1Nc1ccc(Br)nc1. The van der Waals surface area contributed by atoms with Crippen LogP contribution in [-0.4, -0.2) is 4.98 Å². The number of nitrogens with zero attached hydrogens (tertiary/aromatic N) is 1. The van der Waals surface area contributed by atoms with Crippen molar-refractivity contribution in [3.63, 3.8) is 0 Å². The van der Waals surface area contributed by atoms with Crippen LogP contribution in [0.5, 0.6) is 0 Å². The maximum absolute atomic E-state index is 4.30. The summed E-state index contributed by atoms with van der Waals surface area (Å²) in [5.41, 5.74) is 4.20. The summed E-state index contributed by atoms with van der Waals surface area (Å²) in [5.74, 6) is 0. The van der Waals surface area contributed by atoms with Crippen molar-refractivity contribution in [1.29, 1.82) is 0 Å². The molecule has 0 bridgehead atoms. The van der Waals surface area contributed by atoms with E-state index in [1.807, 2.05) is 12.3 Å². The fraction of sp³-hybridized carbons (Fsp3) is 0.353. The number of fused-ring (bicyclic) bond motifs is 1. The van der Waals surface area contributed by atoms with Gasteiger partial charge in [0.25, 0.3) is 0 Å². The van der Waals surface area contributed by atoms with Gasteiger partial charge in [0, 0.05) is 0 Å². The molecule has 1 N–H and O–H groups in total. The first-order valence-electron chi connectivity index (χ1n) is 7.02. The van der Waals surface area contributed by atoms with Gasteiger partial charge >= 0.3 is 0 Å². The average Bonchev–Trinajstić information content (AvgIpc) is 2.44. The predicted octanol–water partition coefficient (Wildman–Crippen LogP) is 4.97. The summed E-state index contributed by atoms with van der Waals surface area (Å²) in [7, 11) is 0. The molecule has 0 saturated carbocycles. The molecule has 1 aromatic heterocycles. The van der Waals surface area contributed by atoms with Gasteiger partial charge in [-0.25, -0.2) is 4.98 Å². The lowest BCUT2D eigenvalue weighted by Gasteiger charge is -2.41. The number of nitrogens with one attached hydrogen (secondary N) is 1. The third-order valence-corrected chi connectivity index (χ3v) is 4.69. The molecule has 1 aromatic carbocycles. The lowest BCUT2D eigenvalue weighted by molar-refractivity contribution is 0.265. The van der Waals surface area contributed by atoms with E-state index in [4.69, 9.17) is 0 Å². The molecule has 104 valence electrons. The lowest BCUT2D eigenvalue weighted by Crippen LogP contribution is -2.33. The molecule has 0 fully saturated rings. The summed E-state index contributed by atoms with van der Waals surface area (Å²) in [6.07, 6.45) is 4.25. The zero-order valence-electron chi connectivity index (χ0n) is 11.9. The van der Waals surface area contributed by atoms with Crippen LogP contribution < -0.4 is 5.32 Å². The number of aryl methyl sites for hydroxylation is 1. The van der Waals surface area contributed by atoms with E-state index in [0.29, 0.717) is 6.04 Å². The molecule has 0 spiro atoms. The second-order valence-corrected chi connectivity index (χ2v) is 6.95. The first-order chi connectivity index (χ1) is 9.56. The van der Waals surface area contributed by atoms with E-state index in [0.717, 1.165) is 10.3 Å². The van der Waals surface area contributed by atoms with Gasteiger partial charge in [0.2, 0.25) is 0 Å². The fourth-order valence-corrected chi connectivity index (χ4v) is 3.20. The summed E-state index contributed by atoms with van der Waals surface area (Å²) < 4.78 is 0.867. The van der Waals surface area contributed by atoms with Crippen molar-refractivity contribution >= 4 is 21.6 Å². The molecule has 1 atom stereocenters. The third kappa shape index (κ3) is 2.59. The van der Waals surface area contributed by atoms with E-state index < -0.39 is 0 Å². The molecular weight excluding hydrogens is 312 g/mol. The molecule has 1 aliphatic rings. The van der Waals surface area contributed by atoms with Gasteiger partial charge in [-0.1, -0.05) is 38.1 Å². The normalized spacial score (nSPS) is 20.2. The molecule has 2 aromatic rings. The Morgan fingerprint density at radius 3 is 2.75 bits per heavy atom. The van der Waals surface area contributed by atoms with E-state index in [-0.39, 0.29) is 5.41 Å². The Labute approximate surface area is 128 Å². The maximum atomic E-state index is 4.30. The smallest absolute Gasteiger partial charge is 0.106 e. The second-order valence-electron chi connectivity index (χ2n) is 6.13. The highest BCUT2D eigenvalue weighted by atomic mass is 79.9. The Morgan fingerprint density at radius 2 is 2.00 bits per heavy atom. The minimum atomic E-state index is 0.238. The van der Waals surface area contributed by atoms with Crippen LogP contribution in [-0.2, 0) is 6.42 Å². The van der Waals surface area contributed by atoms with Crippen LogP contribution in [0.2, 0.25) is 0 Å². The van der Waals surface area contributed by atoms with Crippen molar-refractivity contribution in [2.24, 2.45) is 5.41 Å². The van der Waals surface area contributed by atoms with Gasteiger partial charge < -0.3 is 5.32 Å². The van der Waals surface area contributed by atoms with Crippen LogP contribution >= 0.6 is 15.9 Å². The molecule has 0 aliphatic heterocycles. The fourth-order valence-electron chi connectivity index (χ4n) is 2.97. The molecule has 1 heterocycles. The van der Waals surface area contributed by atoms with Gasteiger partial charge in [0.1, 0.15) is 4.60 Å². The first kappa shape index (κ1) is 13.6. The van der Waals surface area contributed by atoms with Crippen molar-refractivity contribution in [3.8, 4) is 0 Å². The Balaban J connectivity index is 1.95. The van der Waals surface area contributed by atoms with Crippen molar-refractivity contribution in [3.05, 3.63) is 58.3 Å². The Bertz CT molecular complexity index is 605. The molecule has 0 amide bonds. The zero-order chi connectivity index (χ0) is 14.2. The summed E-state index contributed by atoms with van der Waals surface area (Å²) in [6.45, 7) is 4.68. The van der Waals surface area contributed by atoms with Crippen LogP contribution in [0.4, 0.5) is 5.69 Å². The molecule has 3 heteroatoms. The minimum absolute atomic E-state index is 0.238. The topological polar surface area (TPSA) is 24.9 Å². The average molecular weight is 331 g/mol. The van der Waals surface area contributed by atoms with Gasteiger partial charge in [-0.15, -0.1) is 0 Å². The number of benzene rings is 1. The number of anilines is 1. The van der Waals surface area contributed by atoms with Crippen LogP contribution in [0.3, 0.4) is 0 Å². The van der Waals surface area contributed by atoms with Crippen LogP contribution in [0, 0.1) is 5.41 Å². The van der Waals surface area contributed by atoms with E-state index in [1.165, 1.54) is 24.0 Å². The molecule has 1 aliphatic carbocycles. The van der Waals surface area contributed by atoms with E-state index in [9.17, 15) is 0 Å². The standard InChI is InChI=1S/C17H19BrN2/c1-17(2)10-9-12-5-3-4-6-14(12)16(17)20-13-7-8-15(18)19-11-13/h3-8,11,16,20H,9-10H2,1-2H3. The minimum Gasteiger partial charge on any atom is -0.376 e.